The van der Waals surface area contributed by atoms with E-state index in [9.17, 15) is 13.2 Å². The molecule has 0 radical (unpaired) electrons. The van der Waals surface area contributed by atoms with Gasteiger partial charge in [0, 0.05) is 37.6 Å². The molecular formula is C14H20N2O3S. The van der Waals surface area contributed by atoms with E-state index in [-0.39, 0.29) is 11.5 Å². The smallest absolute Gasteiger partial charge is 0.232 e. The van der Waals surface area contributed by atoms with Crippen molar-refractivity contribution in [2.24, 2.45) is 0 Å². The number of ketones is 1. The van der Waals surface area contributed by atoms with Crippen LogP contribution in [0, 0.1) is 0 Å². The summed E-state index contributed by atoms with van der Waals surface area (Å²) in [5.41, 5.74) is 0.849. The first-order chi connectivity index (χ1) is 9.34. The van der Waals surface area contributed by atoms with E-state index in [2.05, 4.69) is 4.72 Å². The van der Waals surface area contributed by atoms with Crippen LogP contribution in [0.4, 0.5) is 5.69 Å². The molecule has 0 aliphatic heterocycles. The van der Waals surface area contributed by atoms with Crippen molar-refractivity contribution in [2.45, 2.75) is 13.3 Å². The lowest BCUT2D eigenvalue weighted by Gasteiger charge is -2.08. The molecule has 0 aliphatic carbocycles. The van der Waals surface area contributed by atoms with Crippen molar-refractivity contribution in [3.8, 4) is 0 Å². The summed E-state index contributed by atoms with van der Waals surface area (Å²) in [7, 11) is 0.297. The summed E-state index contributed by atoms with van der Waals surface area (Å²) in [4.78, 5) is 13.7. The Morgan fingerprint density at radius 3 is 2.65 bits per heavy atom. The number of hydrogen-bond acceptors (Lipinski definition) is 4. The lowest BCUT2D eigenvalue weighted by atomic mass is 10.1. The number of anilines is 1. The van der Waals surface area contributed by atoms with Crippen LogP contribution < -0.4 is 4.72 Å². The zero-order chi connectivity index (χ0) is 15.2. The second-order valence-electron chi connectivity index (χ2n) is 4.65. The van der Waals surface area contributed by atoms with Crippen LogP contribution >= 0.6 is 0 Å². The molecule has 0 amide bonds. The standard InChI is InChI=1S/C14H20N2O3S/c1-4-10-20(18,19)15-13-7-5-6-12(11-13)14(17)8-9-16(2)3/h5-9,11,15H,4,10H2,1-3H3. The summed E-state index contributed by atoms with van der Waals surface area (Å²) in [6, 6.07) is 6.47. The molecule has 20 heavy (non-hydrogen) atoms. The summed E-state index contributed by atoms with van der Waals surface area (Å²) < 4.78 is 25.8. The number of sulfonamides is 1. The lowest BCUT2D eigenvalue weighted by Crippen LogP contribution is -2.16. The van der Waals surface area contributed by atoms with Gasteiger partial charge >= 0.3 is 0 Å². The minimum atomic E-state index is -3.34. The molecule has 0 saturated heterocycles. The maximum absolute atomic E-state index is 11.9. The van der Waals surface area contributed by atoms with Crippen LogP contribution in [-0.4, -0.2) is 38.9 Å². The molecule has 0 aromatic heterocycles. The molecule has 110 valence electrons. The molecule has 1 N–H and O–H groups in total. The predicted molar refractivity (Wildman–Crippen MR) is 81.3 cm³/mol. The fourth-order valence-corrected chi connectivity index (χ4v) is 2.67. The molecule has 0 bridgehead atoms. The topological polar surface area (TPSA) is 66.5 Å². The van der Waals surface area contributed by atoms with Gasteiger partial charge in [-0.1, -0.05) is 19.1 Å². The minimum Gasteiger partial charge on any atom is -0.383 e. The number of allylic oxidation sites excluding steroid dienone is 1. The van der Waals surface area contributed by atoms with Crippen molar-refractivity contribution in [2.75, 3.05) is 24.6 Å². The van der Waals surface area contributed by atoms with Gasteiger partial charge in [0.2, 0.25) is 10.0 Å². The van der Waals surface area contributed by atoms with Crippen LogP contribution in [-0.2, 0) is 10.0 Å². The van der Waals surface area contributed by atoms with Gasteiger partial charge in [-0.25, -0.2) is 8.42 Å². The SMILES string of the molecule is CCCS(=O)(=O)Nc1cccc(C(=O)C=CN(C)C)c1. The maximum atomic E-state index is 11.9. The van der Waals surface area contributed by atoms with Gasteiger partial charge in [-0.3, -0.25) is 9.52 Å². The van der Waals surface area contributed by atoms with E-state index in [1.165, 1.54) is 12.1 Å². The normalized spacial score (nSPS) is 11.6. The number of hydrogen-bond donors (Lipinski definition) is 1. The summed E-state index contributed by atoms with van der Waals surface area (Å²) in [6.45, 7) is 1.80. The van der Waals surface area contributed by atoms with Crippen LogP contribution in [0.25, 0.3) is 0 Å². The zero-order valence-corrected chi connectivity index (χ0v) is 12.8. The van der Waals surface area contributed by atoms with Crippen LogP contribution in [0.3, 0.4) is 0 Å². The molecule has 0 saturated carbocycles. The van der Waals surface area contributed by atoms with Gasteiger partial charge in [-0.2, -0.15) is 0 Å². The molecule has 0 atom stereocenters. The third-order valence-corrected chi connectivity index (χ3v) is 3.91. The van der Waals surface area contributed by atoms with E-state index in [0.717, 1.165) is 0 Å². The van der Waals surface area contributed by atoms with Gasteiger partial charge in [-0.05, 0) is 18.6 Å². The number of benzene rings is 1. The highest BCUT2D eigenvalue weighted by Crippen LogP contribution is 2.13. The first-order valence-corrected chi connectivity index (χ1v) is 7.99. The highest BCUT2D eigenvalue weighted by atomic mass is 32.2. The van der Waals surface area contributed by atoms with Crippen LogP contribution in [0.1, 0.15) is 23.7 Å². The van der Waals surface area contributed by atoms with E-state index in [0.29, 0.717) is 17.7 Å². The molecule has 1 aromatic rings. The highest BCUT2D eigenvalue weighted by Gasteiger charge is 2.10. The van der Waals surface area contributed by atoms with Crippen molar-refractivity contribution in [3.63, 3.8) is 0 Å². The number of rotatable bonds is 7. The van der Waals surface area contributed by atoms with Gasteiger partial charge in [0.25, 0.3) is 0 Å². The van der Waals surface area contributed by atoms with Crippen molar-refractivity contribution >= 4 is 21.5 Å². The molecule has 6 heteroatoms. The number of carbonyl (C=O) groups excluding carboxylic acids is 1. The fourth-order valence-electron chi connectivity index (χ4n) is 1.55. The van der Waals surface area contributed by atoms with Gasteiger partial charge in [0.05, 0.1) is 5.75 Å². The summed E-state index contributed by atoms with van der Waals surface area (Å²) >= 11 is 0. The van der Waals surface area contributed by atoms with Crippen molar-refractivity contribution in [1.29, 1.82) is 0 Å². The second-order valence-corrected chi connectivity index (χ2v) is 6.49. The molecule has 1 aromatic carbocycles. The van der Waals surface area contributed by atoms with E-state index in [1.807, 2.05) is 14.1 Å². The molecule has 0 aliphatic rings. The average Bonchev–Trinajstić information content (AvgIpc) is 2.35. The van der Waals surface area contributed by atoms with E-state index < -0.39 is 10.0 Å². The number of nitrogens with zero attached hydrogens (tertiary/aromatic N) is 1. The molecule has 0 fully saturated rings. The van der Waals surface area contributed by atoms with Crippen LogP contribution in [0.5, 0.6) is 0 Å². The Balaban J connectivity index is 2.89. The summed E-state index contributed by atoms with van der Waals surface area (Å²) in [5, 5.41) is 0. The zero-order valence-electron chi connectivity index (χ0n) is 12.0. The number of carbonyl (C=O) groups is 1. The van der Waals surface area contributed by atoms with Crippen LogP contribution in [0.15, 0.2) is 36.5 Å². The predicted octanol–water partition coefficient (Wildman–Crippen LogP) is 2.10. The highest BCUT2D eigenvalue weighted by molar-refractivity contribution is 7.92. The van der Waals surface area contributed by atoms with Crippen molar-refractivity contribution in [1.82, 2.24) is 4.90 Å². The van der Waals surface area contributed by atoms with Gasteiger partial charge < -0.3 is 4.90 Å². The van der Waals surface area contributed by atoms with Gasteiger partial charge in [-0.15, -0.1) is 0 Å². The summed E-state index contributed by atoms with van der Waals surface area (Å²) in [6.07, 6.45) is 3.63. The second kappa shape index (κ2) is 7.09. The van der Waals surface area contributed by atoms with E-state index >= 15 is 0 Å². The van der Waals surface area contributed by atoms with Crippen molar-refractivity contribution < 1.29 is 13.2 Å². The fraction of sp³-hybridized carbons (Fsp3) is 0.357. The summed E-state index contributed by atoms with van der Waals surface area (Å²) in [5.74, 6) is -0.110. The van der Waals surface area contributed by atoms with Crippen molar-refractivity contribution in [3.05, 3.63) is 42.1 Å². The largest absolute Gasteiger partial charge is 0.383 e. The minimum absolute atomic E-state index is 0.0612. The molecule has 5 nitrogen and oxygen atoms in total. The van der Waals surface area contributed by atoms with Gasteiger partial charge in [0.15, 0.2) is 5.78 Å². The number of nitrogens with one attached hydrogen (secondary N) is 1. The first kappa shape index (κ1) is 16.2. The molecule has 0 heterocycles. The first-order valence-electron chi connectivity index (χ1n) is 6.33. The molecule has 0 spiro atoms. The van der Waals surface area contributed by atoms with E-state index in [4.69, 9.17) is 0 Å². The Morgan fingerprint density at radius 2 is 2.05 bits per heavy atom. The monoisotopic (exact) mass is 296 g/mol. The third-order valence-electron chi connectivity index (χ3n) is 2.42. The quantitative estimate of drug-likeness (QED) is 0.618. The van der Waals surface area contributed by atoms with Crippen LogP contribution in [0.2, 0.25) is 0 Å². The Morgan fingerprint density at radius 1 is 1.35 bits per heavy atom. The molecule has 0 unspecified atom stereocenters. The Bertz CT molecular complexity index is 592. The van der Waals surface area contributed by atoms with E-state index in [1.54, 1.807) is 36.2 Å². The lowest BCUT2D eigenvalue weighted by molar-refractivity contribution is 0.104. The Labute approximate surface area is 120 Å². The average molecular weight is 296 g/mol. The Kier molecular flexibility index (Phi) is 5.76. The molecular weight excluding hydrogens is 276 g/mol. The maximum Gasteiger partial charge on any atom is 0.232 e. The molecule has 1 rings (SSSR count). The van der Waals surface area contributed by atoms with Gasteiger partial charge in [0.1, 0.15) is 0 Å². The Hall–Kier alpha value is -1.82. The third kappa shape index (κ3) is 5.44.